The highest BCUT2D eigenvalue weighted by atomic mass is 16.2. The number of nitrogens with one attached hydrogen (secondary N) is 1. The van der Waals surface area contributed by atoms with Crippen molar-refractivity contribution in [2.24, 2.45) is 0 Å². The smallest absolute Gasteiger partial charge is 0.274 e. The molecule has 1 aromatic heterocycles. The third-order valence-electron chi connectivity index (χ3n) is 4.40. The molecule has 6 heteroatoms. The molecule has 146 valence electrons. The monoisotopic (exact) mass is 387 g/mol. The molecule has 1 N–H and O–H groups in total. The summed E-state index contributed by atoms with van der Waals surface area (Å²) in [5.41, 5.74) is 2.26. The van der Waals surface area contributed by atoms with E-state index in [9.17, 15) is 14.4 Å². The lowest BCUT2D eigenvalue weighted by atomic mass is 10.1. The number of hydrogen-bond acceptors (Lipinski definition) is 4. The van der Waals surface area contributed by atoms with Crippen LogP contribution in [0.25, 0.3) is 0 Å². The van der Waals surface area contributed by atoms with Crippen LogP contribution in [0.3, 0.4) is 0 Å². The Kier molecular flexibility index (Phi) is 6.14. The van der Waals surface area contributed by atoms with E-state index in [0.717, 1.165) is 5.69 Å². The second-order valence-electron chi connectivity index (χ2n) is 6.41. The van der Waals surface area contributed by atoms with E-state index in [1.807, 2.05) is 37.3 Å². The molecule has 2 aromatic carbocycles. The van der Waals surface area contributed by atoms with Crippen LogP contribution in [0.1, 0.15) is 45.1 Å². The zero-order chi connectivity index (χ0) is 20.8. The van der Waals surface area contributed by atoms with Gasteiger partial charge in [-0.15, -0.1) is 0 Å². The van der Waals surface area contributed by atoms with Crippen LogP contribution in [0, 0.1) is 0 Å². The fourth-order valence-corrected chi connectivity index (χ4v) is 2.91. The molecule has 0 radical (unpaired) electrons. The van der Waals surface area contributed by atoms with Gasteiger partial charge in [0, 0.05) is 35.2 Å². The van der Waals surface area contributed by atoms with E-state index in [4.69, 9.17) is 0 Å². The van der Waals surface area contributed by atoms with Gasteiger partial charge in [0.25, 0.3) is 11.8 Å². The van der Waals surface area contributed by atoms with Crippen molar-refractivity contribution in [1.29, 1.82) is 0 Å². The maximum absolute atomic E-state index is 13.0. The van der Waals surface area contributed by atoms with Gasteiger partial charge in [-0.05, 0) is 50.2 Å². The second-order valence-corrected chi connectivity index (χ2v) is 6.41. The molecule has 3 rings (SSSR count). The number of hydrogen-bond donors (Lipinski definition) is 1. The molecule has 0 aliphatic heterocycles. The van der Waals surface area contributed by atoms with Crippen LogP contribution < -0.4 is 10.2 Å². The van der Waals surface area contributed by atoms with E-state index in [0.29, 0.717) is 23.4 Å². The first kappa shape index (κ1) is 19.9. The topological polar surface area (TPSA) is 79.4 Å². The SMILES string of the molecule is CCN(C(=O)c1ccnc(C(=O)Nc2cccc(C(C)=O)c2)c1)c1ccccc1. The lowest BCUT2D eigenvalue weighted by Gasteiger charge is -2.21. The number of Topliss-reactive ketones (excluding diaryl/α,β-unsaturated/α-hetero) is 1. The Morgan fingerprint density at radius 2 is 1.69 bits per heavy atom. The number of carbonyl (C=O) groups is 3. The summed E-state index contributed by atoms with van der Waals surface area (Å²) in [4.78, 5) is 42.8. The van der Waals surface area contributed by atoms with Crippen LogP contribution in [-0.4, -0.2) is 29.1 Å². The lowest BCUT2D eigenvalue weighted by molar-refractivity contribution is 0.0985. The zero-order valence-corrected chi connectivity index (χ0v) is 16.3. The Hall–Kier alpha value is -3.80. The summed E-state index contributed by atoms with van der Waals surface area (Å²) in [6.45, 7) is 3.84. The van der Waals surface area contributed by atoms with Crippen molar-refractivity contribution in [3.63, 3.8) is 0 Å². The molecule has 0 bridgehead atoms. The van der Waals surface area contributed by atoms with Crippen molar-refractivity contribution in [3.05, 3.63) is 89.7 Å². The number of nitrogens with zero attached hydrogens (tertiary/aromatic N) is 2. The minimum absolute atomic E-state index is 0.0904. The largest absolute Gasteiger partial charge is 0.321 e. The molecule has 29 heavy (non-hydrogen) atoms. The molecule has 3 aromatic rings. The average Bonchev–Trinajstić information content (AvgIpc) is 2.75. The molecule has 0 aliphatic carbocycles. The van der Waals surface area contributed by atoms with Crippen molar-refractivity contribution in [3.8, 4) is 0 Å². The zero-order valence-electron chi connectivity index (χ0n) is 16.3. The summed E-state index contributed by atoms with van der Waals surface area (Å²) in [5, 5.41) is 2.72. The summed E-state index contributed by atoms with van der Waals surface area (Å²) < 4.78 is 0. The van der Waals surface area contributed by atoms with E-state index in [1.54, 1.807) is 35.2 Å². The number of anilines is 2. The predicted octanol–water partition coefficient (Wildman–Crippen LogP) is 4.20. The first-order valence-electron chi connectivity index (χ1n) is 9.25. The highest BCUT2D eigenvalue weighted by Crippen LogP contribution is 2.17. The Morgan fingerprint density at radius 1 is 0.931 bits per heavy atom. The number of rotatable bonds is 6. The van der Waals surface area contributed by atoms with Gasteiger partial charge in [0.15, 0.2) is 5.78 Å². The van der Waals surface area contributed by atoms with E-state index in [2.05, 4.69) is 10.3 Å². The molecule has 0 aliphatic rings. The second kappa shape index (κ2) is 8.93. The molecule has 0 saturated carbocycles. The van der Waals surface area contributed by atoms with Crippen LogP contribution in [-0.2, 0) is 0 Å². The maximum Gasteiger partial charge on any atom is 0.274 e. The minimum Gasteiger partial charge on any atom is -0.321 e. The van der Waals surface area contributed by atoms with Gasteiger partial charge in [-0.25, -0.2) is 0 Å². The Labute approximate surface area is 169 Å². The Morgan fingerprint density at radius 3 is 2.38 bits per heavy atom. The van der Waals surface area contributed by atoms with Crippen LogP contribution in [0.15, 0.2) is 72.9 Å². The number of benzene rings is 2. The van der Waals surface area contributed by atoms with Crippen molar-refractivity contribution in [2.75, 3.05) is 16.8 Å². The van der Waals surface area contributed by atoms with Crippen LogP contribution in [0.4, 0.5) is 11.4 Å². The van der Waals surface area contributed by atoms with Gasteiger partial charge in [-0.2, -0.15) is 0 Å². The first-order chi connectivity index (χ1) is 14.0. The van der Waals surface area contributed by atoms with Crippen LogP contribution >= 0.6 is 0 Å². The van der Waals surface area contributed by atoms with Crippen LogP contribution in [0.2, 0.25) is 0 Å². The summed E-state index contributed by atoms with van der Waals surface area (Å²) in [5.74, 6) is -0.760. The molecule has 2 amide bonds. The Balaban J connectivity index is 1.81. The van der Waals surface area contributed by atoms with E-state index < -0.39 is 5.91 Å². The van der Waals surface area contributed by atoms with Gasteiger partial charge in [0.1, 0.15) is 5.69 Å². The standard InChI is InChI=1S/C23H21N3O3/c1-3-26(20-10-5-4-6-11-20)23(29)18-12-13-24-21(15-18)22(28)25-19-9-7-8-17(14-19)16(2)27/h4-15H,3H2,1-2H3,(H,25,28). The fourth-order valence-electron chi connectivity index (χ4n) is 2.91. The number of amides is 2. The maximum atomic E-state index is 13.0. The number of ketones is 1. The summed E-state index contributed by atoms with van der Waals surface area (Å²) in [6.07, 6.45) is 1.44. The predicted molar refractivity (Wildman–Crippen MR) is 112 cm³/mol. The molecular formula is C23H21N3O3. The van der Waals surface area contributed by atoms with Gasteiger partial charge >= 0.3 is 0 Å². The van der Waals surface area contributed by atoms with Gasteiger partial charge in [-0.3, -0.25) is 19.4 Å². The van der Waals surface area contributed by atoms with Gasteiger partial charge in [-0.1, -0.05) is 30.3 Å². The molecule has 0 spiro atoms. The van der Waals surface area contributed by atoms with Crippen molar-refractivity contribution in [2.45, 2.75) is 13.8 Å². The van der Waals surface area contributed by atoms with Crippen molar-refractivity contribution in [1.82, 2.24) is 4.98 Å². The molecule has 0 atom stereocenters. The number of aromatic nitrogens is 1. The highest BCUT2D eigenvalue weighted by molar-refractivity contribution is 6.09. The highest BCUT2D eigenvalue weighted by Gasteiger charge is 2.18. The molecular weight excluding hydrogens is 366 g/mol. The number of para-hydroxylation sites is 1. The third-order valence-corrected chi connectivity index (χ3v) is 4.40. The average molecular weight is 387 g/mol. The summed E-state index contributed by atoms with van der Waals surface area (Å²) in [6, 6.07) is 19.1. The number of carbonyl (C=O) groups excluding carboxylic acids is 3. The molecule has 6 nitrogen and oxygen atoms in total. The van der Waals surface area contributed by atoms with Gasteiger partial charge in [0.05, 0.1) is 0 Å². The fraction of sp³-hybridized carbons (Fsp3) is 0.130. The van der Waals surface area contributed by atoms with Gasteiger partial charge < -0.3 is 10.2 Å². The third kappa shape index (κ3) is 4.73. The lowest BCUT2D eigenvalue weighted by Crippen LogP contribution is -2.30. The van der Waals surface area contributed by atoms with Crippen LogP contribution in [0.5, 0.6) is 0 Å². The van der Waals surface area contributed by atoms with E-state index in [1.165, 1.54) is 19.2 Å². The number of pyridine rings is 1. The van der Waals surface area contributed by atoms with Crippen molar-refractivity contribution >= 4 is 29.0 Å². The molecule has 0 saturated heterocycles. The first-order valence-corrected chi connectivity index (χ1v) is 9.25. The molecule has 0 unspecified atom stereocenters. The van der Waals surface area contributed by atoms with Gasteiger partial charge in [0.2, 0.25) is 0 Å². The van der Waals surface area contributed by atoms with Crippen molar-refractivity contribution < 1.29 is 14.4 Å². The normalized spacial score (nSPS) is 10.3. The Bertz CT molecular complexity index is 1050. The molecule has 0 fully saturated rings. The van der Waals surface area contributed by atoms with E-state index >= 15 is 0 Å². The minimum atomic E-state index is -0.455. The summed E-state index contributed by atoms with van der Waals surface area (Å²) >= 11 is 0. The summed E-state index contributed by atoms with van der Waals surface area (Å²) in [7, 11) is 0. The molecule has 1 heterocycles. The van der Waals surface area contributed by atoms with E-state index in [-0.39, 0.29) is 17.4 Å². The quantitative estimate of drug-likeness (QED) is 0.643.